The maximum atomic E-state index is 9.94. The number of rotatable bonds is 2. The molecule has 0 saturated heterocycles. The number of ether oxygens (including phenoxy) is 3. The Balaban J connectivity index is 2.63. The highest BCUT2D eigenvalue weighted by Gasteiger charge is 2.27. The number of benzene rings is 1. The fourth-order valence-electron chi connectivity index (χ4n) is 1.82. The Morgan fingerprint density at radius 2 is 1.94 bits per heavy atom. The van der Waals surface area contributed by atoms with Gasteiger partial charge in [-0.3, -0.25) is 0 Å². The second-order valence-corrected chi connectivity index (χ2v) is 4.41. The number of methoxy groups -OCH3 is 2. The number of phenols is 1. The summed E-state index contributed by atoms with van der Waals surface area (Å²) < 4.78 is 16.1. The smallest absolute Gasteiger partial charge is 0.201 e. The van der Waals surface area contributed by atoms with Gasteiger partial charge in [0.15, 0.2) is 11.5 Å². The molecule has 0 amide bonds. The van der Waals surface area contributed by atoms with Gasteiger partial charge in [-0.2, -0.15) is 0 Å². The molecular weight excluding hydrogens is 220 g/mol. The van der Waals surface area contributed by atoms with E-state index < -0.39 is 0 Å². The first kappa shape index (κ1) is 11.6. The minimum Gasteiger partial charge on any atom is -0.502 e. The lowest BCUT2D eigenvalue weighted by molar-refractivity contribution is 0.157. The van der Waals surface area contributed by atoms with Crippen molar-refractivity contribution in [3.05, 3.63) is 17.7 Å². The fraction of sp³-hybridized carbons (Fsp3) is 0.385. The first-order valence-corrected chi connectivity index (χ1v) is 5.34. The van der Waals surface area contributed by atoms with Crippen LogP contribution in [0.1, 0.15) is 19.4 Å². The second-order valence-electron chi connectivity index (χ2n) is 4.41. The molecule has 0 atom stereocenters. The predicted molar refractivity (Wildman–Crippen MR) is 65.0 cm³/mol. The van der Waals surface area contributed by atoms with E-state index in [-0.39, 0.29) is 11.4 Å². The van der Waals surface area contributed by atoms with E-state index in [1.54, 1.807) is 6.07 Å². The molecule has 0 saturated carbocycles. The van der Waals surface area contributed by atoms with Gasteiger partial charge < -0.3 is 19.3 Å². The largest absolute Gasteiger partial charge is 0.502 e. The van der Waals surface area contributed by atoms with Crippen LogP contribution in [0.4, 0.5) is 0 Å². The molecule has 2 rings (SSSR count). The third kappa shape index (κ3) is 1.90. The van der Waals surface area contributed by atoms with Gasteiger partial charge in [-0.25, -0.2) is 0 Å². The predicted octanol–water partition coefficient (Wildman–Crippen LogP) is 2.59. The standard InChI is InChI=1S/C13H16O4/c1-13(2)6-5-8-9(17-13)7-10(15-3)11(14)12(8)16-4/h5-7,14H,1-4H3. The van der Waals surface area contributed by atoms with Crippen LogP contribution in [0.15, 0.2) is 12.1 Å². The van der Waals surface area contributed by atoms with Gasteiger partial charge in [-0.05, 0) is 26.0 Å². The highest BCUT2D eigenvalue weighted by Crippen LogP contribution is 2.47. The minimum absolute atomic E-state index is 0.0123. The molecule has 1 aromatic carbocycles. The van der Waals surface area contributed by atoms with Crippen molar-refractivity contribution in [1.29, 1.82) is 0 Å². The molecule has 1 N–H and O–H groups in total. The van der Waals surface area contributed by atoms with E-state index in [2.05, 4.69) is 0 Å². The van der Waals surface area contributed by atoms with Gasteiger partial charge in [0.25, 0.3) is 0 Å². The Morgan fingerprint density at radius 1 is 1.24 bits per heavy atom. The normalized spacial score (nSPS) is 16.0. The molecule has 1 aliphatic rings. The highest BCUT2D eigenvalue weighted by atomic mass is 16.5. The van der Waals surface area contributed by atoms with E-state index in [0.717, 1.165) is 5.56 Å². The lowest BCUT2D eigenvalue weighted by Crippen LogP contribution is -2.27. The summed E-state index contributed by atoms with van der Waals surface area (Å²) in [4.78, 5) is 0. The van der Waals surface area contributed by atoms with E-state index in [9.17, 15) is 5.11 Å². The SMILES string of the molecule is COc1cc2c(c(OC)c1O)C=CC(C)(C)O2. The van der Waals surface area contributed by atoms with Gasteiger partial charge in [-0.15, -0.1) is 0 Å². The van der Waals surface area contributed by atoms with Crippen molar-refractivity contribution >= 4 is 6.08 Å². The molecule has 0 spiro atoms. The first-order chi connectivity index (χ1) is 7.98. The van der Waals surface area contributed by atoms with Crippen LogP contribution in [0.25, 0.3) is 6.08 Å². The van der Waals surface area contributed by atoms with E-state index >= 15 is 0 Å². The van der Waals surface area contributed by atoms with Crippen LogP contribution in [-0.4, -0.2) is 24.9 Å². The molecule has 4 heteroatoms. The Kier molecular flexibility index (Phi) is 2.65. The van der Waals surface area contributed by atoms with Crippen molar-refractivity contribution in [3.8, 4) is 23.0 Å². The molecule has 0 aliphatic carbocycles. The molecule has 4 nitrogen and oxygen atoms in total. The number of fused-ring (bicyclic) bond motifs is 1. The van der Waals surface area contributed by atoms with Crippen LogP contribution in [0, 0.1) is 0 Å². The summed E-state index contributed by atoms with van der Waals surface area (Å²) in [6.07, 6.45) is 3.81. The van der Waals surface area contributed by atoms with Crippen molar-refractivity contribution in [2.45, 2.75) is 19.4 Å². The molecule has 0 fully saturated rings. The zero-order valence-electron chi connectivity index (χ0n) is 10.4. The Morgan fingerprint density at radius 3 is 2.53 bits per heavy atom. The van der Waals surface area contributed by atoms with E-state index in [1.807, 2.05) is 26.0 Å². The molecular formula is C13H16O4. The zero-order chi connectivity index (χ0) is 12.6. The molecule has 0 unspecified atom stereocenters. The highest BCUT2D eigenvalue weighted by molar-refractivity contribution is 5.73. The zero-order valence-corrected chi connectivity index (χ0v) is 10.4. The third-order valence-electron chi connectivity index (χ3n) is 2.67. The van der Waals surface area contributed by atoms with Crippen LogP contribution in [0.3, 0.4) is 0 Å². The van der Waals surface area contributed by atoms with Gasteiger partial charge in [0.1, 0.15) is 11.4 Å². The molecule has 1 heterocycles. The van der Waals surface area contributed by atoms with Gasteiger partial charge in [0.05, 0.1) is 19.8 Å². The maximum Gasteiger partial charge on any atom is 0.201 e. The summed E-state index contributed by atoms with van der Waals surface area (Å²) >= 11 is 0. The van der Waals surface area contributed by atoms with E-state index in [0.29, 0.717) is 17.2 Å². The average molecular weight is 236 g/mol. The second kappa shape index (κ2) is 3.87. The van der Waals surface area contributed by atoms with Crippen LogP contribution in [0.2, 0.25) is 0 Å². The molecule has 17 heavy (non-hydrogen) atoms. The van der Waals surface area contributed by atoms with E-state index in [4.69, 9.17) is 14.2 Å². The number of hydrogen-bond acceptors (Lipinski definition) is 4. The molecule has 0 radical (unpaired) electrons. The molecule has 0 aromatic heterocycles. The van der Waals surface area contributed by atoms with Crippen LogP contribution in [0.5, 0.6) is 23.0 Å². The Bertz CT molecular complexity index is 475. The van der Waals surface area contributed by atoms with Crippen molar-refractivity contribution in [3.63, 3.8) is 0 Å². The molecule has 0 bridgehead atoms. The average Bonchev–Trinajstić information content (AvgIpc) is 2.28. The van der Waals surface area contributed by atoms with Gasteiger partial charge in [0.2, 0.25) is 5.75 Å². The maximum absolute atomic E-state index is 9.94. The summed E-state index contributed by atoms with van der Waals surface area (Å²) in [7, 11) is 2.99. The summed E-state index contributed by atoms with van der Waals surface area (Å²) in [6, 6.07) is 1.67. The first-order valence-electron chi connectivity index (χ1n) is 5.34. The van der Waals surface area contributed by atoms with Gasteiger partial charge >= 0.3 is 0 Å². The van der Waals surface area contributed by atoms with Crippen molar-refractivity contribution in [2.75, 3.05) is 14.2 Å². The summed E-state index contributed by atoms with van der Waals surface area (Å²) in [5.74, 6) is 1.34. The van der Waals surface area contributed by atoms with Crippen LogP contribution in [-0.2, 0) is 0 Å². The van der Waals surface area contributed by atoms with Crippen molar-refractivity contribution < 1.29 is 19.3 Å². The Labute approximate surface area is 100 Å². The monoisotopic (exact) mass is 236 g/mol. The summed E-state index contributed by atoms with van der Waals surface area (Å²) in [6.45, 7) is 3.91. The number of hydrogen-bond donors (Lipinski definition) is 1. The quantitative estimate of drug-likeness (QED) is 0.857. The van der Waals surface area contributed by atoms with E-state index in [1.165, 1.54) is 14.2 Å². The van der Waals surface area contributed by atoms with Gasteiger partial charge in [0, 0.05) is 6.07 Å². The Hall–Kier alpha value is -1.84. The molecule has 92 valence electrons. The van der Waals surface area contributed by atoms with Gasteiger partial charge in [-0.1, -0.05) is 0 Å². The summed E-state index contributed by atoms with van der Waals surface area (Å²) in [5, 5.41) is 9.94. The fourth-order valence-corrected chi connectivity index (χ4v) is 1.82. The summed E-state index contributed by atoms with van der Waals surface area (Å²) in [5.41, 5.74) is 0.352. The number of aromatic hydroxyl groups is 1. The van der Waals surface area contributed by atoms with Crippen LogP contribution >= 0.6 is 0 Å². The van der Waals surface area contributed by atoms with Crippen molar-refractivity contribution in [2.24, 2.45) is 0 Å². The third-order valence-corrected chi connectivity index (χ3v) is 2.67. The molecule has 1 aliphatic heterocycles. The number of phenolic OH excluding ortho intramolecular Hbond substituents is 1. The molecule has 1 aromatic rings. The lowest BCUT2D eigenvalue weighted by Gasteiger charge is -2.29. The minimum atomic E-state index is -0.375. The van der Waals surface area contributed by atoms with Crippen molar-refractivity contribution in [1.82, 2.24) is 0 Å². The lowest BCUT2D eigenvalue weighted by atomic mass is 10.0. The topological polar surface area (TPSA) is 47.9 Å². The van der Waals surface area contributed by atoms with Crippen LogP contribution < -0.4 is 14.2 Å².